The van der Waals surface area contributed by atoms with Crippen molar-refractivity contribution in [2.45, 2.75) is 0 Å². The third kappa shape index (κ3) is 6.07. The molecule has 5 nitrogen and oxygen atoms in total. The van der Waals surface area contributed by atoms with Crippen LogP contribution >= 0.6 is 27.5 Å². The second-order valence-electron chi connectivity index (χ2n) is 5.29. The average Bonchev–Trinajstić information content (AvgIpc) is 2.60. The predicted molar refractivity (Wildman–Crippen MR) is 101 cm³/mol. The van der Waals surface area contributed by atoms with Crippen LogP contribution in [0.25, 0.3) is 0 Å². The molecule has 0 heterocycles. The van der Waals surface area contributed by atoms with Gasteiger partial charge in [0, 0.05) is 17.1 Å². The van der Waals surface area contributed by atoms with Gasteiger partial charge in [0.25, 0.3) is 5.91 Å². The molecule has 7 heteroatoms. The number of rotatable bonds is 7. The molecule has 2 aromatic rings. The highest BCUT2D eigenvalue weighted by Crippen LogP contribution is 2.22. The summed E-state index contributed by atoms with van der Waals surface area (Å²) in [4.78, 5) is 25.6. The number of hydrogen-bond acceptors (Lipinski definition) is 3. The molecule has 0 radical (unpaired) electrons. The lowest BCUT2D eigenvalue weighted by Gasteiger charge is -2.18. The van der Waals surface area contributed by atoms with E-state index in [1.54, 1.807) is 37.4 Å². The lowest BCUT2D eigenvalue weighted by atomic mass is 10.2. The van der Waals surface area contributed by atoms with E-state index in [0.717, 1.165) is 4.47 Å². The van der Waals surface area contributed by atoms with Gasteiger partial charge in [0.05, 0.1) is 18.1 Å². The predicted octanol–water partition coefficient (Wildman–Crippen LogP) is 3.37. The van der Waals surface area contributed by atoms with Crippen LogP contribution in [0, 0.1) is 0 Å². The molecule has 2 aromatic carbocycles. The first-order chi connectivity index (χ1) is 12.0. The molecule has 132 valence electrons. The third-order valence-corrected chi connectivity index (χ3v) is 4.24. The number of nitrogens with zero attached hydrogens (tertiary/aromatic N) is 1. The maximum atomic E-state index is 12.1. The number of likely N-dealkylation sites (N-methyl/N-ethyl adjacent to an activating group) is 1. The van der Waals surface area contributed by atoms with Gasteiger partial charge >= 0.3 is 0 Å². The third-order valence-electron chi connectivity index (χ3n) is 3.43. The number of amides is 2. The summed E-state index contributed by atoms with van der Waals surface area (Å²) in [6.07, 6.45) is 0. The zero-order chi connectivity index (χ0) is 18.2. The van der Waals surface area contributed by atoms with Gasteiger partial charge in [-0.05, 0) is 30.3 Å². The summed E-state index contributed by atoms with van der Waals surface area (Å²) >= 11 is 9.31. The van der Waals surface area contributed by atoms with Crippen molar-refractivity contribution in [1.82, 2.24) is 10.2 Å². The molecule has 2 rings (SSSR count). The summed E-state index contributed by atoms with van der Waals surface area (Å²) in [6.45, 7) is 0.621. The average molecular weight is 426 g/mol. The van der Waals surface area contributed by atoms with E-state index in [-0.39, 0.29) is 18.4 Å². The fourth-order valence-electron chi connectivity index (χ4n) is 2.00. The SMILES string of the molecule is CN(CCOc1ccccc1Cl)C(=O)CNC(=O)c1cccc(Br)c1. The van der Waals surface area contributed by atoms with Crippen LogP contribution in [0.1, 0.15) is 10.4 Å². The number of halogens is 2. The van der Waals surface area contributed by atoms with Gasteiger partial charge in [-0.15, -0.1) is 0 Å². The Morgan fingerprint density at radius 1 is 1.20 bits per heavy atom. The minimum atomic E-state index is -0.296. The van der Waals surface area contributed by atoms with Crippen molar-refractivity contribution < 1.29 is 14.3 Å². The van der Waals surface area contributed by atoms with Crippen molar-refractivity contribution in [2.75, 3.05) is 26.7 Å². The van der Waals surface area contributed by atoms with Crippen LogP contribution in [0.3, 0.4) is 0 Å². The standard InChI is InChI=1S/C18H18BrClN2O3/c1-22(9-10-25-16-8-3-2-7-15(16)20)17(23)12-21-18(24)13-5-4-6-14(19)11-13/h2-8,11H,9-10,12H2,1H3,(H,21,24). The topological polar surface area (TPSA) is 58.6 Å². The Bertz CT molecular complexity index is 755. The van der Waals surface area contributed by atoms with Gasteiger partial charge in [0.2, 0.25) is 5.91 Å². The minimum absolute atomic E-state index is 0.0755. The molecular weight excluding hydrogens is 408 g/mol. The quantitative estimate of drug-likeness (QED) is 0.740. The molecule has 0 saturated heterocycles. The Balaban J connectivity index is 1.75. The van der Waals surface area contributed by atoms with E-state index in [1.807, 2.05) is 18.2 Å². The molecule has 0 atom stereocenters. The number of carbonyl (C=O) groups is 2. The Morgan fingerprint density at radius 2 is 1.96 bits per heavy atom. The molecule has 0 bridgehead atoms. The monoisotopic (exact) mass is 424 g/mol. The van der Waals surface area contributed by atoms with Crippen molar-refractivity contribution in [3.63, 3.8) is 0 Å². The maximum Gasteiger partial charge on any atom is 0.251 e. The van der Waals surface area contributed by atoms with Crippen LogP contribution in [0.2, 0.25) is 5.02 Å². The van der Waals surface area contributed by atoms with Crippen LogP contribution in [0.5, 0.6) is 5.75 Å². The van der Waals surface area contributed by atoms with Gasteiger partial charge in [-0.25, -0.2) is 0 Å². The first-order valence-corrected chi connectivity index (χ1v) is 8.79. The summed E-state index contributed by atoms with van der Waals surface area (Å²) in [5.74, 6) is 0.0782. The number of hydrogen-bond donors (Lipinski definition) is 1. The molecule has 0 aliphatic heterocycles. The molecule has 0 spiro atoms. The van der Waals surface area contributed by atoms with E-state index >= 15 is 0 Å². The Labute approximate surface area is 160 Å². The molecule has 0 unspecified atom stereocenters. The van der Waals surface area contributed by atoms with Crippen LogP contribution < -0.4 is 10.1 Å². The number of benzene rings is 2. The number of para-hydroxylation sites is 1. The second-order valence-corrected chi connectivity index (χ2v) is 6.61. The van der Waals surface area contributed by atoms with E-state index in [1.165, 1.54) is 4.90 Å². The van der Waals surface area contributed by atoms with Crippen molar-refractivity contribution in [2.24, 2.45) is 0 Å². The molecule has 0 saturated carbocycles. The summed E-state index contributed by atoms with van der Waals surface area (Å²) in [6, 6.07) is 14.1. The summed E-state index contributed by atoms with van der Waals surface area (Å²) in [5, 5.41) is 3.14. The summed E-state index contributed by atoms with van der Waals surface area (Å²) < 4.78 is 6.35. The minimum Gasteiger partial charge on any atom is -0.490 e. The second kappa shape index (κ2) is 9.44. The lowest BCUT2D eigenvalue weighted by Crippen LogP contribution is -2.39. The van der Waals surface area contributed by atoms with E-state index in [4.69, 9.17) is 16.3 Å². The van der Waals surface area contributed by atoms with Gasteiger partial charge in [-0.3, -0.25) is 9.59 Å². The number of ether oxygens (including phenoxy) is 1. The first kappa shape index (κ1) is 19.3. The normalized spacial score (nSPS) is 10.2. The van der Waals surface area contributed by atoms with Crippen molar-refractivity contribution in [3.05, 3.63) is 63.6 Å². The van der Waals surface area contributed by atoms with Crippen molar-refractivity contribution >= 4 is 39.3 Å². The Hall–Kier alpha value is -2.05. The Kier molecular flexibility index (Phi) is 7.28. The highest BCUT2D eigenvalue weighted by molar-refractivity contribution is 9.10. The van der Waals surface area contributed by atoms with E-state index in [2.05, 4.69) is 21.2 Å². The summed E-state index contributed by atoms with van der Waals surface area (Å²) in [5.41, 5.74) is 0.492. The lowest BCUT2D eigenvalue weighted by molar-refractivity contribution is -0.129. The molecule has 0 fully saturated rings. The van der Waals surface area contributed by atoms with Crippen molar-refractivity contribution in [1.29, 1.82) is 0 Å². The maximum absolute atomic E-state index is 12.1. The molecular formula is C18H18BrClN2O3. The molecule has 2 amide bonds. The molecule has 0 aliphatic carbocycles. The van der Waals surface area contributed by atoms with Crippen LogP contribution in [0.4, 0.5) is 0 Å². The van der Waals surface area contributed by atoms with Gasteiger partial charge in [0.1, 0.15) is 12.4 Å². The smallest absolute Gasteiger partial charge is 0.251 e. The van der Waals surface area contributed by atoms with Crippen LogP contribution in [0.15, 0.2) is 53.0 Å². The number of nitrogens with one attached hydrogen (secondary N) is 1. The van der Waals surface area contributed by atoms with E-state index in [0.29, 0.717) is 29.5 Å². The zero-order valence-electron chi connectivity index (χ0n) is 13.7. The van der Waals surface area contributed by atoms with E-state index in [9.17, 15) is 9.59 Å². The highest BCUT2D eigenvalue weighted by Gasteiger charge is 2.12. The first-order valence-electron chi connectivity index (χ1n) is 7.62. The van der Waals surface area contributed by atoms with Gasteiger partial charge in [-0.2, -0.15) is 0 Å². The fourth-order valence-corrected chi connectivity index (χ4v) is 2.59. The molecule has 1 N–H and O–H groups in total. The highest BCUT2D eigenvalue weighted by atomic mass is 79.9. The largest absolute Gasteiger partial charge is 0.490 e. The van der Waals surface area contributed by atoms with Gasteiger partial charge in [0.15, 0.2) is 0 Å². The van der Waals surface area contributed by atoms with Crippen LogP contribution in [-0.2, 0) is 4.79 Å². The fraction of sp³-hybridized carbons (Fsp3) is 0.222. The molecule has 0 aromatic heterocycles. The van der Waals surface area contributed by atoms with Crippen LogP contribution in [-0.4, -0.2) is 43.5 Å². The Morgan fingerprint density at radius 3 is 2.68 bits per heavy atom. The molecule has 0 aliphatic rings. The molecule has 25 heavy (non-hydrogen) atoms. The van der Waals surface area contributed by atoms with E-state index < -0.39 is 0 Å². The van der Waals surface area contributed by atoms with Gasteiger partial charge < -0.3 is 15.0 Å². The van der Waals surface area contributed by atoms with Gasteiger partial charge in [-0.1, -0.05) is 45.7 Å². The summed E-state index contributed by atoms with van der Waals surface area (Å²) in [7, 11) is 1.66. The number of carbonyl (C=O) groups excluding carboxylic acids is 2. The zero-order valence-corrected chi connectivity index (χ0v) is 16.0. The van der Waals surface area contributed by atoms with Crippen molar-refractivity contribution in [3.8, 4) is 5.75 Å².